The van der Waals surface area contributed by atoms with Gasteiger partial charge in [-0.25, -0.2) is 14.4 Å². The van der Waals surface area contributed by atoms with Gasteiger partial charge in [-0.2, -0.15) is 0 Å². The quantitative estimate of drug-likeness (QED) is 0.873. The molecule has 1 aliphatic rings. The van der Waals surface area contributed by atoms with Crippen molar-refractivity contribution in [3.8, 4) is 0 Å². The van der Waals surface area contributed by atoms with E-state index in [9.17, 15) is 4.39 Å². The third-order valence-electron chi connectivity index (χ3n) is 3.82. The van der Waals surface area contributed by atoms with Crippen LogP contribution in [0.4, 0.5) is 9.52 Å². The van der Waals surface area contributed by atoms with Crippen molar-refractivity contribution in [1.82, 2.24) is 19.8 Å². The van der Waals surface area contributed by atoms with E-state index in [0.717, 1.165) is 29.5 Å². The highest BCUT2D eigenvalue weighted by Gasteiger charge is 2.33. The van der Waals surface area contributed by atoms with Crippen LogP contribution < -0.4 is 5.73 Å². The fraction of sp³-hybridized carbons (Fsp3) is 0.571. The number of aromatic nitrogens is 2. The maximum Gasteiger partial charge on any atom is 0.180 e. The van der Waals surface area contributed by atoms with Crippen molar-refractivity contribution in [2.75, 3.05) is 25.9 Å². The maximum atomic E-state index is 13.8. The van der Waals surface area contributed by atoms with E-state index in [1.54, 1.807) is 17.5 Å². The smallest absolute Gasteiger partial charge is 0.180 e. The highest BCUT2D eigenvalue weighted by atomic mass is 32.1. The van der Waals surface area contributed by atoms with Crippen LogP contribution in [0.5, 0.6) is 0 Å². The SMILES string of the molecule is CN(Cc1cnc(N)s1)C[C@@H]1C[C@H](F)CN1Cc1nccs1. The molecule has 1 aliphatic heterocycles. The summed E-state index contributed by atoms with van der Waals surface area (Å²) in [5.41, 5.74) is 5.66. The van der Waals surface area contributed by atoms with Crippen LogP contribution in [0.2, 0.25) is 0 Å². The van der Waals surface area contributed by atoms with Gasteiger partial charge in [-0.1, -0.05) is 0 Å². The van der Waals surface area contributed by atoms with E-state index < -0.39 is 6.17 Å². The minimum Gasteiger partial charge on any atom is -0.375 e. The Morgan fingerprint density at radius 1 is 1.50 bits per heavy atom. The highest BCUT2D eigenvalue weighted by Crippen LogP contribution is 2.25. The topological polar surface area (TPSA) is 58.3 Å². The number of rotatable bonds is 6. The molecule has 2 atom stereocenters. The Morgan fingerprint density at radius 2 is 2.36 bits per heavy atom. The van der Waals surface area contributed by atoms with Gasteiger partial charge in [-0.15, -0.1) is 22.7 Å². The molecular weight excluding hydrogens is 321 g/mol. The van der Waals surface area contributed by atoms with E-state index in [1.807, 2.05) is 11.6 Å². The van der Waals surface area contributed by atoms with Gasteiger partial charge >= 0.3 is 0 Å². The predicted octanol–water partition coefficient (Wildman–Crippen LogP) is 2.23. The summed E-state index contributed by atoms with van der Waals surface area (Å²) < 4.78 is 13.8. The van der Waals surface area contributed by atoms with Crippen LogP contribution in [0.3, 0.4) is 0 Å². The molecule has 2 aromatic heterocycles. The van der Waals surface area contributed by atoms with Gasteiger partial charge < -0.3 is 5.73 Å². The number of nitrogen functional groups attached to an aromatic ring is 1. The number of nitrogens with two attached hydrogens (primary N) is 1. The van der Waals surface area contributed by atoms with E-state index in [1.165, 1.54) is 11.3 Å². The summed E-state index contributed by atoms with van der Waals surface area (Å²) in [6, 6.07) is 0.231. The maximum absolute atomic E-state index is 13.8. The van der Waals surface area contributed by atoms with Gasteiger partial charge in [0.2, 0.25) is 0 Å². The van der Waals surface area contributed by atoms with Crippen LogP contribution in [-0.4, -0.2) is 52.1 Å². The molecule has 1 fully saturated rings. The van der Waals surface area contributed by atoms with E-state index in [0.29, 0.717) is 18.1 Å². The van der Waals surface area contributed by atoms with Crippen LogP contribution in [0.15, 0.2) is 17.8 Å². The van der Waals surface area contributed by atoms with E-state index in [4.69, 9.17) is 5.73 Å². The van der Waals surface area contributed by atoms with Gasteiger partial charge in [0.15, 0.2) is 5.13 Å². The van der Waals surface area contributed by atoms with Crippen LogP contribution in [0, 0.1) is 0 Å². The number of hydrogen-bond acceptors (Lipinski definition) is 7. The number of alkyl halides is 1. The number of nitrogens with zero attached hydrogens (tertiary/aromatic N) is 4. The Balaban J connectivity index is 1.57. The van der Waals surface area contributed by atoms with Gasteiger partial charge in [0.25, 0.3) is 0 Å². The Labute approximate surface area is 137 Å². The van der Waals surface area contributed by atoms with Crippen molar-refractivity contribution in [2.45, 2.75) is 31.7 Å². The molecule has 8 heteroatoms. The lowest BCUT2D eigenvalue weighted by molar-refractivity contribution is 0.181. The predicted molar refractivity (Wildman–Crippen MR) is 88.7 cm³/mol. The Morgan fingerprint density at radius 3 is 3.05 bits per heavy atom. The Bertz CT molecular complexity index is 588. The van der Waals surface area contributed by atoms with Gasteiger partial charge in [0.05, 0.1) is 6.54 Å². The third-order valence-corrected chi connectivity index (χ3v) is 5.39. The molecule has 0 amide bonds. The molecule has 0 saturated carbocycles. The molecule has 2 aromatic rings. The number of thiazole rings is 2. The van der Waals surface area contributed by atoms with Gasteiger partial charge in [-0.3, -0.25) is 9.80 Å². The fourth-order valence-electron chi connectivity index (χ4n) is 2.90. The Hall–Kier alpha value is -1.09. The van der Waals surface area contributed by atoms with Crippen LogP contribution in [0.25, 0.3) is 0 Å². The molecular formula is C14H20FN5S2. The van der Waals surface area contributed by atoms with Crippen molar-refractivity contribution in [3.05, 3.63) is 27.7 Å². The molecule has 0 spiro atoms. The normalized spacial score (nSPS) is 22.7. The van der Waals surface area contributed by atoms with Crippen molar-refractivity contribution in [3.63, 3.8) is 0 Å². The molecule has 2 N–H and O–H groups in total. The summed E-state index contributed by atoms with van der Waals surface area (Å²) in [4.78, 5) is 13.9. The summed E-state index contributed by atoms with van der Waals surface area (Å²) in [6.45, 7) is 2.88. The average Bonchev–Trinajstić information content (AvgIpc) is 3.15. The monoisotopic (exact) mass is 341 g/mol. The second-order valence-corrected chi connectivity index (χ2v) is 7.83. The first-order valence-electron chi connectivity index (χ1n) is 7.25. The van der Waals surface area contributed by atoms with Crippen molar-refractivity contribution in [1.29, 1.82) is 0 Å². The zero-order chi connectivity index (χ0) is 15.5. The molecule has 0 bridgehead atoms. The average molecular weight is 341 g/mol. The first-order chi connectivity index (χ1) is 10.6. The number of hydrogen-bond donors (Lipinski definition) is 1. The molecule has 3 rings (SSSR count). The summed E-state index contributed by atoms with van der Waals surface area (Å²) in [5, 5.41) is 3.61. The summed E-state index contributed by atoms with van der Waals surface area (Å²) in [6.07, 6.45) is 3.48. The summed E-state index contributed by atoms with van der Waals surface area (Å²) >= 11 is 3.14. The minimum absolute atomic E-state index is 0.231. The van der Waals surface area contributed by atoms with Crippen LogP contribution >= 0.6 is 22.7 Å². The lowest BCUT2D eigenvalue weighted by Crippen LogP contribution is -2.38. The van der Waals surface area contributed by atoms with Gasteiger partial charge in [0, 0.05) is 48.3 Å². The lowest BCUT2D eigenvalue weighted by atomic mass is 10.2. The van der Waals surface area contributed by atoms with E-state index >= 15 is 0 Å². The number of anilines is 1. The highest BCUT2D eigenvalue weighted by molar-refractivity contribution is 7.15. The first kappa shape index (κ1) is 15.8. The minimum atomic E-state index is -0.739. The summed E-state index contributed by atoms with van der Waals surface area (Å²) in [7, 11) is 2.06. The molecule has 120 valence electrons. The second-order valence-electron chi connectivity index (χ2n) is 5.70. The largest absolute Gasteiger partial charge is 0.375 e. The van der Waals surface area contributed by atoms with Crippen LogP contribution in [-0.2, 0) is 13.1 Å². The molecule has 0 unspecified atom stereocenters. The van der Waals surface area contributed by atoms with Gasteiger partial charge in [-0.05, 0) is 13.5 Å². The second kappa shape index (κ2) is 6.99. The van der Waals surface area contributed by atoms with E-state index in [2.05, 4.69) is 26.8 Å². The van der Waals surface area contributed by atoms with Crippen molar-refractivity contribution in [2.24, 2.45) is 0 Å². The molecule has 3 heterocycles. The Kier molecular flexibility index (Phi) is 5.02. The molecule has 0 aromatic carbocycles. The molecule has 5 nitrogen and oxygen atoms in total. The van der Waals surface area contributed by atoms with Crippen LogP contribution in [0.1, 0.15) is 16.3 Å². The first-order valence-corrected chi connectivity index (χ1v) is 8.95. The summed E-state index contributed by atoms with van der Waals surface area (Å²) in [5.74, 6) is 0. The number of likely N-dealkylation sites (N-methyl/N-ethyl adjacent to an activating group) is 1. The number of likely N-dealkylation sites (tertiary alicyclic amines) is 1. The molecule has 0 aliphatic carbocycles. The molecule has 22 heavy (non-hydrogen) atoms. The molecule has 1 saturated heterocycles. The van der Waals surface area contributed by atoms with Gasteiger partial charge in [0.1, 0.15) is 11.2 Å². The van der Waals surface area contributed by atoms with Crippen molar-refractivity contribution >= 4 is 27.8 Å². The zero-order valence-corrected chi connectivity index (χ0v) is 14.1. The standard InChI is InChI=1S/C14H20FN5S2/c1-19(8-12-5-18-14(16)22-12)7-11-4-10(15)6-20(11)9-13-17-2-3-21-13/h2-3,5,10-11H,4,6-9H2,1H3,(H2,16,18)/t10-,11-/m0/s1. The molecule has 0 radical (unpaired) electrons. The van der Waals surface area contributed by atoms with Crippen molar-refractivity contribution < 1.29 is 4.39 Å². The third kappa shape index (κ3) is 4.01. The fourth-order valence-corrected chi connectivity index (χ4v) is 4.30. The van der Waals surface area contributed by atoms with E-state index in [-0.39, 0.29) is 6.04 Å². The lowest BCUT2D eigenvalue weighted by Gasteiger charge is -2.27. The zero-order valence-electron chi connectivity index (χ0n) is 12.5. The number of halogens is 1.